The SMILES string of the molecule is COC(=O)COc1ccc(C(S)CNS(=O)(=O)c2cccnc2)cc1. The lowest BCUT2D eigenvalue weighted by atomic mass is 10.1. The first-order valence-electron chi connectivity index (χ1n) is 7.29. The quantitative estimate of drug-likeness (QED) is 0.532. The van der Waals surface area contributed by atoms with Crippen LogP contribution in [0.3, 0.4) is 0 Å². The minimum atomic E-state index is -3.63. The van der Waals surface area contributed by atoms with Crippen LogP contribution in [0.4, 0.5) is 0 Å². The van der Waals surface area contributed by atoms with E-state index in [0.29, 0.717) is 5.75 Å². The highest BCUT2D eigenvalue weighted by Crippen LogP contribution is 2.22. The van der Waals surface area contributed by atoms with Gasteiger partial charge in [-0.15, -0.1) is 0 Å². The summed E-state index contributed by atoms with van der Waals surface area (Å²) in [5.41, 5.74) is 0.808. The highest BCUT2D eigenvalue weighted by molar-refractivity contribution is 7.89. The van der Waals surface area contributed by atoms with Gasteiger partial charge in [0.05, 0.1) is 7.11 Å². The van der Waals surface area contributed by atoms with Crippen LogP contribution in [0.5, 0.6) is 5.75 Å². The number of rotatable bonds is 8. The normalized spacial score (nSPS) is 12.4. The number of hydrogen-bond acceptors (Lipinski definition) is 7. The number of esters is 1. The fourth-order valence-electron chi connectivity index (χ4n) is 1.88. The van der Waals surface area contributed by atoms with Crippen molar-refractivity contribution in [2.24, 2.45) is 0 Å². The summed E-state index contributed by atoms with van der Waals surface area (Å²) in [7, 11) is -2.35. The molecule has 9 heteroatoms. The average Bonchev–Trinajstić information content (AvgIpc) is 2.65. The van der Waals surface area contributed by atoms with Crippen LogP contribution in [0.1, 0.15) is 10.8 Å². The van der Waals surface area contributed by atoms with Gasteiger partial charge < -0.3 is 9.47 Å². The molecule has 0 saturated carbocycles. The molecule has 0 aliphatic heterocycles. The van der Waals surface area contributed by atoms with E-state index in [0.717, 1.165) is 5.56 Å². The number of hydrogen-bond donors (Lipinski definition) is 2. The van der Waals surface area contributed by atoms with Crippen LogP contribution in [-0.4, -0.2) is 39.6 Å². The van der Waals surface area contributed by atoms with Crippen molar-refractivity contribution in [3.8, 4) is 5.75 Å². The van der Waals surface area contributed by atoms with Gasteiger partial charge in [-0.3, -0.25) is 4.98 Å². The summed E-state index contributed by atoms with van der Waals surface area (Å²) in [6.07, 6.45) is 2.79. The van der Waals surface area contributed by atoms with Crippen molar-refractivity contribution in [1.29, 1.82) is 0 Å². The summed E-state index contributed by atoms with van der Waals surface area (Å²) in [6, 6.07) is 9.88. The lowest BCUT2D eigenvalue weighted by molar-refractivity contribution is -0.142. The molecule has 0 saturated heterocycles. The maximum atomic E-state index is 12.2. The average molecular weight is 382 g/mol. The van der Waals surface area contributed by atoms with Crippen LogP contribution in [0.15, 0.2) is 53.7 Å². The summed E-state index contributed by atoms with van der Waals surface area (Å²) in [4.78, 5) is 14.9. The second-order valence-corrected chi connectivity index (χ2v) is 7.38. The van der Waals surface area contributed by atoms with E-state index in [1.54, 1.807) is 30.3 Å². The fourth-order valence-corrected chi connectivity index (χ4v) is 3.28. The van der Waals surface area contributed by atoms with Gasteiger partial charge in [0.15, 0.2) is 6.61 Å². The summed E-state index contributed by atoms with van der Waals surface area (Å²) in [5, 5.41) is -0.346. The third-order valence-corrected chi connectivity index (χ3v) is 5.15. The molecule has 0 aliphatic rings. The molecule has 0 fully saturated rings. The van der Waals surface area contributed by atoms with Gasteiger partial charge >= 0.3 is 5.97 Å². The van der Waals surface area contributed by atoms with Crippen LogP contribution in [0.2, 0.25) is 0 Å². The third kappa shape index (κ3) is 5.73. The molecule has 1 atom stereocenters. The Bertz CT molecular complexity index is 795. The van der Waals surface area contributed by atoms with E-state index >= 15 is 0 Å². The van der Waals surface area contributed by atoms with Gasteiger partial charge in [-0.1, -0.05) is 12.1 Å². The monoisotopic (exact) mass is 382 g/mol. The van der Waals surface area contributed by atoms with Crippen molar-refractivity contribution in [1.82, 2.24) is 9.71 Å². The van der Waals surface area contributed by atoms with E-state index in [9.17, 15) is 13.2 Å². The Morgan fingerprint density at radius 3 is 2.60 bits per heavy atom. The lowest BCUT2D eigenvalue weighted by Crippen LogP contribution is -2.27. The first kappa shape index (κ1) is 19.2. The molecule has 0 aliphatic carbocycles. The Morgan fingerprint density at radius 1 is 1.28 bits per heavy atom. The number of thiol groups is 1. The first-order valence-corrected chi connectivity index (χ1v) is 9.29. The van der Waals surface area contributed by atoms with Gasteiger partial charge in [0.1, 0.15) is 10.6 Å². The number of carbonyl (C=O) groups is 1. The fraction of sp³-hybridized carbons (Fsp3) is 0.250. The molecule has 7 nitrogen and oxygen atoms in total. The van der Waals surface area contributed by atoms with E-state index < -0.39 is 16.0 Å². The zero-order valence-electron chi connectivity index (χ0n) is 13.5. The molecular formula is C16H18N2O5S2. The Balaban J connectivity index is 1.92. The van der Waals surface area contributed by atoms with E-state index in [1.807, 2.05) is 0 Å². The van der Waals surface area contributed by atoms with E-state index in [2.05, 4.69) is 27.1 Å². The molecule has 25 heavy (non-hydrogen) atoms. The molecule has 1 heterocycles. The number of ether oxygens (including phenoxy) is 2. The number of aromatic nitrogens is 1. The summed E-state index contributed by atoms with van der Waals surface area (Å²) in [6.45, 7) is -0.0617. The van der Waals surface area contributed by atoms with Gasteiger partial charge in [0.2, 0.25) is 10.0 Å². The van der Waals surface area contributed by atoms with Gasteiger partial charge in [-0.05, 0) is 29.8 Å². The number of pyridine rings is 1. The van der Waals surface area contributed by atoms with Gasteiger partial charge in [-0.25, -0.2) is 17.9 Å². The highest BCUT2D eigenvalue weighted by atomic mass is 32.2. The van der Waals surface area contributed by atoms with E-state index in [4.69, 9.17) is 4.74 Å². The van der Waals surface area contributed by atoms with Crippen molar-refractivity contribution in [2.45, 2.75) is 10.1 Å². The summed E-state index contributed by atoms with van der Waals surface area (Å²) < 4.78 is 36.5. The molecule has 1 unspecified atom stereocenters. The molecule has 1 N–H and O–H groups in total. The van der Waals surface area contributed by atoms with Crippen molar-refractivity contribution in [3.63, 3.8) is 0 Å². The topological polar surface area (TPSA) is 94.6 Å². The Kier molecular flexibility index (Phi) is 6.80. The number of nitrogens with one attached hydrogen (secondary N) is 1. The third-order valence-electron chi connectivity index (χ3n) is 3.26. The molecule has 1 aromatic heterocycles. The summed E-state index contributed by atoms with van der Waals surface area (Å²) >= 11 is 4.42. The second-order valence-electron chi connectivity index (χ2n) is 4.99. The van der Waals surface area contributed by atoms with Crippen molar-refractivity contribution in [3.05, 3.63) is 54.4 Å². The molecule has 2 rings (SSSR count). The first-order chi connectivity index (χ1) is 11.9. The lowest BCUT2D eigenvalue weighted by Gasteiger charge is -2.13. The standard InChI is InChI=1S/C16H18N2O5S2/c1-22-16(19)11-23-13-6-4-12(5-7-13)15(24)10-18-25(20,21)14-3-2-8-17-9-14/h2-9,15,18,24H,10-11H2,1H3. The smallest absolute Gasteiger partial charge is 0.343 e. The maximum Gasteiger partial charge on any atom is 0.343 e. The highest BCUT2D eigenvalue weighted by Gasteiger charge is 2.16. The van der Waals surface area contributed by atoms with E-state index in [-0.39, 0.29) is 23.3 Å². The predicted octanol–water partition coefficient (Wildman–Crippen LogP) is 1.58. The molecule has 134 valence electrons. The van der Waals surface area contributed by atoms with Gasteiger partial charge in [0, 0.05) is 24.2 Å². The number of methoxy groups -OCH3 is 1. The Hall–Kier alpha value is -2.10. The number of nitrogens with zero attached hydrogens (tertiary/aromatic N) is 1. The largest absolute Gasteiger partial charge is 0.482 e. The number of sulfonamides is 1. The molecule has 0 amide bonds. The molecule has 0 bridgehead atoms. The van der Waals surface area contributed by atoms with Gasteiger partial charge in [0.25, 0.3) is 0 Å². The van der Waals surface area contributed by atoms with Gasteiger partial charge in [-0.2, -0.15) is 12.6 Å². The van der Waals surface area contributed by atoms with Crippen molar-refractivity contribution in [2.75, 3.05) is 20.3 Å². The van der Waals surface area contributed by atoms with Crippen molar-refractivity contribution >= 4 is 28.6 Å². The predicted molar refractivity (Wildman–Crippen MR) is 95.1 cm³/mol. The maximum absolute atomic E-state index is 12.2. The number of benzene rings is 1. The molecular weight excluding hydrogens is 364 g/mol. The van der Waals surface area contributed by atoms with Crippen molar-refractivity contribution < 1.29 is 22.7 Å². The van der Waals surface area contributed by atoms with Crippen LogP contribution in [0, 0.1) is 0 Å². The molecule has 2 aromatic rings. The van der Waals surface area contributed by atoms with Crippen LogP contribution in [0.25, 0.3) is 0 Å². The van der Waals surface area contributed by atoms with E-state index in [1.165, 1.54) is 25.6 Å². The minimum absolute atomic E-state index is 0.0992. The molecule has 1 aromatic carbocycles. The zero-order valence-corrected chi connectivity index (χ0v) is 15.2. The van der Waals surface area contributed by atoms with Crippen LogP contribution in [-0.2, 0) is 19.6 Å². The Labute approximate surface area is 151 Å². The second kappa shape index (κ2) is 8.84. The zero-order chi connectivity index (χ0) is 18.3. The minimum Gasteiger partial charge on any atom is -0.482 e. The molecule has 0 spiro atoms. The molecule has 0 radical (unpaired) electrons. The summed E-state index contributed by atoms with van der Waals surface area (Å²) in [5.74, 6) is 0.0339. The van der Waals surface area contributed by atoms with Crippen LogP contribution < -0.4 is 9.46 Å². The number of carbonyl (C=O) groups excluding carboxylic acids is 1. The Morgan fingerprint density at radius 2 is 2.00 bits per heavy atom. The van der Waals surface area contributed by atoms with Crippen LogP contribution >= 0.6 is 12.6 Å².